The second-order valence-electron chi connectivity index (χ2n) is 6.52. The maximum absolute atomic E-state index is 6.32. The number of rotatable bonds is 2. The Balaban J connectivity index is 1.63. The second-order valence-corrected chi connectivity index (χ2v) is 7.37. The predicted octanol–water partition coefficient (Wildman–Crippen LogP) is 4.36. The number of nitrogens with one attached hydrogen (secondary N) is 3. The molecule has 2 aliphatic heterocycles. The molecule has 1 fully saturated rings. The first-order valence-electron chi connectivity index (χ1n) is 8.51. The maximum Gasteiger partial charge on any atom is 0.128 e. The van der Waals surface area contributed by atoms with E-state index in [-0.39, 0.29) is 5.54 Å². The third kappa shape index (κ3) is 3.34. The summed E-state index contributed by atoms with van der Waals surface area (Å²) in [6.07, 6.45) is 1.98. The molecule has 130 valence electrons. The molecule has 2 aliphatic rings. The summed E-state index contributed by atoms with van der Waals surface area (Å²) in [5.41, 5.74) is 2.92. The zero-order valence-electron chi connectivity index (χ0n) is 13.8. The SMILES string of the molecule is Clc1ccc(CNC2=Nc3ccccc3NC23CCNCC3)c(Cl)c1. The van der Waals surface area contributed by atoms with Crippen molar-refractivity contribution in [1.29, 1.82) is 0 Å². The Kier molecular flexibility index (Phi) is 4.59. The highest BCUT2D eigenvalue weighted by molar-refractivity contribution is 6.35. The van der Waals surface area contributed by atoms with Crippen molar-refractivity contribution in [1.82, 2.24) is 10.6 Å². The smallest absolute Gasteiger partial charge is 0.128 e. The minimum Gasteiger partial charge on any atom is -0.371 e. The first-order valence-corrected chi connectivity index (χ1v) is 9.27. The Morgan fingerprint density at radius 1 is 1.08 bits per heavy atom. The molecule has 1 spiro atoms. The van der Waals surface area contributed by atoms with Crippen LogP contribution in [-0.2, 0) is 6.54 Å². The van der Waals surface area contributed by atoms with Crippen LogP contribution in [0, 0.1) is 0 Å². The van der Waals surface area contributed by atoms with Crippen LogP contribution in [0.3, 0.4) is 0 Å². The van der Waals surface area contributed by atoms with Crippen molar-refractivity contribution < 1.29 is 0 Å². The summed E-state index contributed by atoms with van der Waals surface area (Å²) < 4.78 is 0. The maximum atomic E-state index is 6.32. The largest absolute Gasteiger partial charge is 0.371 e. The van der Waals surface area contributed by atoms with E-state index < -0.39 is 0 Å². The fourth-order valence-electron chi connectivity index (χ4n) is 3.49. The first kappa shape index (κ1) is 16.7. The molecule has 4 nitrogen and oxygen atoms in total. The highest BCUT2D eigenvalue weighted by Crippen LogP contribution is 2.37. The molecule has 0 aliphatic carbocycles. The molecule has 4 rings (SSSR count). The van der Waals surface area contributed by atoms with Crippen LogP contribution < -0.4 is 16.0 Å². The molecule has 1 saturated heterocycles. The number of benzene rings is 2. The van der Waals surface area contributed by atoms with E-state index in [1.54, 1.807) is 6.07 Å². The summed E-state index contributed by atoms with van der Waals surface area (Å²) in [5.74, 6) is 0.985. The van der Waals surface area contributed by atoms with Crippen LogP contribution in [0.1, 0.15) is 18.4 Å². The van der Waals surface area contributed by atoms with Crippen molar-refractivity contribution in [3.8, 4) is 0 Å². The van der Waals surface area contributed by atoms with Gasteiger partial charge in [-0.1, -0.05) is 41.4 Å². The number of nitrogens with zero attached hydrogens (tertiary/aromatic N) is 1. The summed E-state index contributed by atoms with van der Waals surface area (Å²) >= 11 is 12.3. The number of halogens is 2. The van der Waals surface area contributed by atoms with Gasteiger partial charge < -0.3 is 16.0 Å². The van der Waals surface area contributed by atoms with Gasteiger partial charge in [0.25, 0.3) is 0 Å². The molecular weight excluding hydrogens is 355 g/mol. The fraction of sp³-hybridized carbons (Fsp3) is 0.316. The molecule has 0 saturated carbocycles. The molecule has 0 bridgehead atoms. The van der Waals surface area contributed by atoms with Crippen LogP contribution in [0.4, 0.5) is 11.4 Å². The monoisotopic (exact) mass is 374 g/mol. The van der Waals surface area contributed by atoms with Gasteiger partial charge in [0.15, 0.2) is 0 Å². The number of aliphatic imine (C=N–C) groups is 1. The van der Waals surface area contributed by atoms with E-state index in [2.05, 4.69) is 22.0 Å². The standard InChI is InChI=1S/C19H20Cl2N4/c20-14-6-5-13(15(21)11-14)12-23-18-19(7-9-22-10-8-19)25-17-4-2-1-3-16(17)24-18/h1-6,11,22,25H,7-10,12H2,(H,23,24). The van der Waals surface area contributed by atoms with Crippen molar-refractivity contribution in [2.45, 2.75) is 24.9 Å². The zero-order chi connectivity index (χ0) is 17.3. The predicted molar refractivity (Wildman–Crippen MR) is 105 cm³/mol. The van der Waals surface area contributed by atoms with E-state index in [9.17, 15) is 0 Å². The lowest BCUT2D eigenvalue weighted by atomic mass is 9.85. The highest BCUT2D eigenvalue weighted by Gasteiger charge is 2.40. The molecule has 3 N–H and O–H groups in total. The molecule has 2 aromatic carbocycles. The lowest BCUT2D eigenvalue weighted by Crippen LogP contribution is -2.58. The van der Waals surface area contributed by atoms with E-state index >= 15 is 0 Å². The van der Waals surface area contributed by atoms with Crippen LogP contribution in [0.5, 0.6) is 0 Å². The molecule has 25 heavy (non-hydrogen) atoms. The van der Waals surface area contributed by atoms with E-state index in [1.807, 2.05) is 30.3 Å². The van der Waals surface area contributed by atoms with Gasteiger partial charge in [0.1, 0.15) is 5.84 Å². The summed E-state index contributed by atoms with van der Waals surface area (Å²) in [6, 6.07) is 13.8. The summed E-state index contributed by atoms with van der Waals surface area (Å²) in [7, 11) is 0. The van der Waals surface area contributed by atoms with Gasteiger partial charge in [-0.05, 0) is 55.8 Å². The minimum atomic E-state index is -0.154. The second kappa shape index (κ2) is 6.87. The first-order chi connectivity index (χ1) is 12.2. The Morgan fingerprint density at radius 3 is 2.68 bits per heavy atom. The average molecular weight is 375 g/mol. The molecule has 0 radical (unpaired) electrons. The highest BCUT2D eigenvalue weighted by atomic mass is 35.5. The van der Waals surface area contributed by atoms with Crippen LogP contribution in [-0.4, -0.2) is 24.5 Å². The van der Waals surface area contributed by atoms with E-state index in [4.69, 9.17) is 28.2 Å². The molecular formula is C19H20Cl2N4. The van der Waals surface area contributed by atoms with Crippen LogP contribution in [0.15, 0.2) is 47.5 Å². The molecule has 2 aromatic rings. The fourth-order valence-corrected chi connectivity index (χ4v) is 3.96. The normalized spacial score (nSPS) is 18.2. The Hall–Kier alpha value is -1.75. The summed E-state index contributed by atoms with van der Waals surface area (Å²) in [4.78, 5) is 4.93. The van der Waals surface area contributed by atoms with Gasteiger partial charge in [-0.3, -0.25) is 0 Å². The van der Waals surface area contributed by atoms with Gasteiger partial charge in [0.05, 0.1) is 16.9 Å². The van der Waals surface area contributed by atoms with Gasteiger partial charge in [-0.2, -0.15) is 0 Å². The van der Waals surface area contributed by atoms with Crippen molar-refractivity contribution in [3.05, 3.63) is 58.1 Å². The van der Waals surface area contributed by atoms with Crippen molar-refractivity contribution in [2.24, 2.45) is 4.99 Å². The number of hydrogen-bond acceptors (Lipinski definition) is 4. The number of amidine groups is 1. The van der Waals surface area contributed by atoms with Gasteiger partial charge >= 0.3 is 0 Å². The van der Waals surface area contributed by atoms with E-state index in [0.29, 0.717) is 16.6 Å². The molecule has 2 heterocycles. The third-order valence-corrected chi connectivity index (χ3v) is 5.47. The number of para-hydroxylation sites is 2. The van der Waals surface area contributed by atoms with Crippen molar-refractivity contribution in [3.63, 3.8) is 0 Å². The van der Waals surface area contributed by atoms with Crippen molar-refractivity contribution >= 4 is 40.4 Å². The summed E-state index contributed by atoms with van der Waals surface area (Å²) in [6.45, 7) is 2.56. The topological polar surface area (TPSA) is 48.5 Å². The lowest BCUT2D eigenvalue weighted by molar-refractivity contribution is 0.412. The van der Waals surface area contributed by atoms with Gasteiger partial charge in [-0.25, -0.2) is 4.99 Å². The van der Waals surface area contributed by atoms with Gasteiger partial charge in [0, 0.05) is 16.6 Å². The number of anilines is 1. The minimum absolute atomic E-state index is 0.154. The average Bonchev–Trinajstić information content (AvgIpc) is 2.62. The molecule has 0 aromatic heterocycles. The van der Waals surface area contributed by atoms with E-state index in [0.717, 1.165) is 48.7 Å². The molecule has 0 amide bonds. The lowest BCUT2D eigenvalue weighted by Gasteiger charge is -2.43. The molecule has 0 unspecified atom stereocenters. The zero-order valence-corrected chi connectivity index (χ0v) is 15.3. The molecule has 0 atom stereocenters. The van der Waals surface area contributed by atoms with Crippen LogP contribution in [0.25, 0.3) is 0 Å². The van der Waals surface area contributed by atoms with Gasteiger partial charge in [0.2, 0.25) is 0 Å². The Morgan fingerprint density at radius 2 is 1.88 bits per heavy atom. The van der Waals surface area contributed by atoms with E-state index in [1.165, 1.54) is 0 Å². The third-order valence-electron chi connectivity index (χ3n) is 4.88. The van der Waals surface area contributed by atoms with Crippen molar-refractivity contribution in [2.75, 3.05) is 18.4 Å². The molecule has 6 heteroatoms. The number of hydrogen-bond donors (Lipinski definition) is 3. The Labute approximate surface area is 157 Å². The summed E-state index contributed by atoms with van der Waals surface area (Å²) in [5, 5.41) is 12.0. The Bertz CT molecular complexity index is 813. The number of fused-ring (bicyclic) bond motifs is 1. The van der Waals surface area contributed by atoms with Crippen LogP contribution >= 0.6 is 23.2 Å². The van der Waals surface area contributed by atoms with Crippen LogP contribution in [0.2, 0.25) is 10.0 Å². The quantitative estimate of drug-likeness (QED) is 0.731. The number of piperidine rings is 1. The van der Waals surface area contributed by atoms with Gasteiger partial charge in [-0.15, -0.1) is 0 Å².